The van der Waals surface area contributed by atoms with Crippen LogP contribution in [-0.2, 0) is 17.9 Å². The lowest BCUT2D eigenvalue weighted by molar-refractivity contribution is 0.0923. The molecule has 2 rings (SSSR count). The number of aliphatic hydroxyl groups excluding tert-OH is 1. The predicted molar refractivity (Wildman–Crippen MR) is 89.8 cm³/mol. The summed E-state index contributed by atoms with van der Waals surface area (Å²) < 4.78 is 5.42. The van der Waals surface area contributed by atoms with Gasteiger partial charge in [0.05, 0.1) is 0 Å². The van der Waals surface area contributed by atoms with Crippen LogP contribution in [0.15, 0.2) is 60.7 Å². The van der Waals surface area contributed by atoms with Gasteiger partial charge in [0.25, 0.3) is 0 Å². The Morgan fingerprint density at radius 3 is 2.13 bits per heavy atom. The average molecular weight is 313 g/mol. The molecule has 122 valence electrons. The number of ether oxygens (including phenoxy) is 1. The minimum absolute atomic E-state index is 0.137. The maximum absolute atomic E-state index is 12.4. The van der Waals surface area contributed by atoms with Gasteiger partial charge in [-0.3, -0.25) is 0 Å². The lowest BCUT2D eigenvalue weighted by atomic mass is 10.2. The fourth-order valence-electron chi connectivity index (χ4n) is 2.26. The van der Waals surface area contributed by atoms with Gasteiger partial charge in [-0.1, -0.05) is 60.7 Å². The molecule has 2 aromatic carbocycles. The molecule has 0 saturated heterocycles. The van der Waals surface area contributed by atoms with E-state index in [0.717, 1.165) is 17.5 Å². The summed E-state index contributed by atoms with van der Waals surface area (Å²) in [7, 11) is 0. The zero-order valence-corrected chi connectivity index (χ0v) is 13.2. The number of unbranched alkanes of at least 4 members (excludes halogenated alkanes) is 1. The zero-order valence-electron chi connectivity index (χ0n) is 13.2. The maximum atomic E-state index is 12.4. The first-order valence-corrected chi connectivity index (χ1v) is 7.90. The van der Waals surface area contributed by atoms with E-state index in [1.165, 1.54) is 0 Å². The summed E-state index contributed by atoms with van der Waals surface area (Å²) in [6, 6.07) is 19.5. The average Bonchev–Trinajstić information content (AvgIpc) is 2.61. The fourth-order valence-corrected chi connectivity index (χ4v) is 2.26. The van der Waals surface area contributed by atoms with E-state index in [2.05, 4.69) is 0 Å². The number of rotatable bonds is 8. The number of hydrogen-bond acceptors (Lipinski definition) is 3. The van der Waals surface area contributed by atoms with Crippen molar-refractivity contribution in [3.8, 4) is 0 Å². The molecule has 0 aliphatic heterocycles. The van der Waals surface area contributed by atoms with Crippen molar-refractivity contribution in [3.05, 3.63) is 71.8 Å². The molecule has 0 aliphatic carbocycles. The first-order valence-electron chi connectivity index (χ1n) is 7.90. The molecule has 0 radical (unpaired) electrons. The molecule has 0 atom stereocenters. The van der Waals surface area contributed by atoms with Crippen molar-refractivity contribution in [2.75, 3.05) is 13.2 Å². The highest BCUT2D eigenvalue weighted by Gasteiger charge is 2.15. The third-order valence-electron chi connectivity index (χ3n) is 3.52. The Bertz CT molecular complexity index is 572. The minimum atomic E-state index is -0.323. The molecule has 0 spiro atoms. The lowest BCUT2D eigenvalue weighted by Crippen LogP contribution is -2.32. The monoisotopic (exact) mass is 313 g/mol. The van der Waals surface area contributed by atoms with Gasteiger partial charge in [0.2, 0.25) is 0 Å². The Hall–Kier alpha value is -2.33. The first-order chi connectivity index (χ1) is 11.3. The number of carbonyl (C=O) groups excluding carboxylic acids is 1. The maximum Gasteiger partial charge on any atom is 0.410 e. The second-order valence-electron chi connectivity index (χ2n) is 5.38. The van der Waals surface area contributed by atoms with E-state index in [0.29, 0.717) is 19.5 Å². The van der Waals surface area contributed by atoms with E-state index < -0.39 is 0 Å². The topological polar surface area (TPSA) is 49.8 Å². The van der Waals surface area contributed by atoms with Crippen LogP contribution in [-0.4, -0.2) is 29.3 Å². The van der Waals surface area contributed by atoms with Crippen molar-refractivity contribution in [1.29, 1.82) is 0 Å². The molecular formula is C19H23NO3. The van der Waals surface area contributed by atoms with Gasteiger partial charge >= 0.3 is 6.09 Å². The molecule has 0 fully saturated rings. The normalized spacial score (nSPS) is 10.3. The van der Waals surface area contributed by atoms with E-state index in [9.17, 15) is 4.79 Å². The van der Waals surface area contributed by atoms with Gasteiger partial charge in [-0.25, -0.2) is 4.79 Å². The predicted octanol–water partition coefficient (Wildman–Crippen LogP) is 3.60. The molecule has 4 heteroatoms. The third kappa shape index (κ3) is 6.12. The summed E-state index contributed by atoms with van der Waals surface area (Å²) in [6.07, 6.45) is 1.11. The van der Waals surface area contributed by atoms with Gasteiger partial charge < -0.3 is 14.7 Å². The summed E-state index contributed by atoms with van der Waals surface area (Å²) in [5, 5.41) is 8.92. The highest BCUT2D eigenvalue weighted by Crippen LogP contribution is 2.09. The zero-order chi connectivity index (χ0) is 16.3. The third-order valence-corrected chi connectivity index (χ3v) is 3.52. The van der Waals surface area contributed by atoms with Crippen LogP contribution in [0.5, 0.6) is 0 Å². The Kier molecular flexibility index (Phi) is 7.14. The first kappa shape index (κ1) is 17.0. The number of amides is 1. The van der Waals surface area contributed by atoms with Crippen LogP contribution in [0.4, 0.5) is 4.79 Å². The molecule has 4 nitrogen and oxygen atoms in total. The van der Waals surface area contributed by atoms with Gasteiger partial charge in [0.1, 0.15) is 6.61 Å². The van der Waals surface area contributed by atoms with Crippen molar-refractivity contribution < 1.29 is 14.6 Å². The van der Waals surface area contributed by atoms with Crippen LogP contribution in [0, 0.1) is 0 Å². The van der Waals surface area contributed by atoms with E-state index >= 15 is 0 Å². The molecule has 1 N–H and O–H groups in total. The summed E-state index contributed by atoms with van der Waals surface area (Å²) in [5.74, 6) is 0. The van der Waals surface area contributed by atoms with Gasteiger partial charge in [-0.2, -0.15) is 0 Å². The van der Waals surface area contributed by atoms with E-state index in [4.69, 9.17) is 9.84 Å². The largest absolute Gasteiger partial charge is 0.445 e. The van der Waals surface area contributed by atoms with Gasteiger partial charge in [0, 0.05) is 19.7 Å². The fraction of sp³-hybridized carbons (Fsp3) is 0.316. The molecule has 2 aromatic rings. The van der Waals surface area contributed by atoms with Crippen molar-refractivity contribution in [2.24, 2.45) is 0 Å². The molecular weight excluding hydrogens is 290 g/mol. The second kappa shape index (κ2) is 9.64. The lowest BCUT2D eigenvalue weighted by Gasteiger charge is -2.22. The highest BCUT2D eigenvalue weighted by molar-refractivity contribution is 5.67. The molecule has 0 aliphatic rings. The van der Waals surface area contributed by atoms with Crippen molar-refractivity contribution >= 4 is 6.09 Å². The quantitative estimate of drug-likeness (QED) is 0.758. The number of hydrogen-bond donors (Lipinski definition) is 1. The van der Waals surface area contributed by atoms with Gasteiger partial charge in [-0.05, 0) is 24.0 Å². The van der Waals surface area contributed by atoms with Crippen LogP contribution in [0.3, 0.4) is 0 Å². The standard InChI is InChI=1S/C19H23NO3/c21-14-8-7-13-20(15-17-9-3-1-4-10-17)19(22)23-16-18-11-5-2-6-12-18/h1-6,9-12,21H,7-8,13-16H2. The number of carbonyl (C=O) groups is 1. The highest BCUT2D eigenvalue weighted by atomic mass is 16.6. The number of nitrogens with zero attached hydrogens (tertiary/aromatic N) is 1. The number of benzene rings is 2. The van der Waals surface area contributed by atoms with Gasteiger partial charge in [-0.15, -0.1) is 0 Å². The molecule has 0 saturated carbocycles. The molecule has 23 heavy (non-hydrogen) atoms. The molecule has 0 heterocycles. The van der Waals surface area contributed by atoms with E-state index in [1.807, 2.05) is 60.7 Å². The van der Waals surface area contributed by atoms with Crippen molar-refractivity contribution in [2.45, 2.75) is 26.0 Å². The summed E-state index contributed by atoms with van der Waals surface area (Å²) in [5.41, 5.74) is 2.03. The molecule has 0 aromatic heterocycles. The Labute approximate surface area is 137 Å². The number of aliphatic hydroxyl groups is 1. The Morgan fingerprint density at radius 1 is 0.913 bits per heavy atom. The Morgan fingerprint density at radius 2 is 1.52 bits per heavy atom. The summed E-state index contributed by atoms with van der Waals surface area (Å²) >= 11 is 0. The van der Waals surface area contributed by atoms with Crippen molar-refractivity contribution in [1.82, 2.24) is 4.90 Å². The smallest absolute Gasteiger partial charge is 0.410 e. The van der Waals surface area contributed by atoms with E-state index in [1.54, 1.807) is 4.90 Å². The molecule has 1 amide bonds. The van der Waals surface area contributed by atoms with E-state index in [-0.39, 0.29) is 19.3 Å². The molecule has 0 unspecified atom stereocenters. The van der Waals surface area contributed by atoms with Crippen molar-refractivity contribution in [3.63, 3.8) is 0 Å². The second-order valence-corrected chi connectivity index (χ2v) is 5.38. The Balaban J connectivity index is 1.93. The summed E-state index contributed by atoms with van der Waals surface area (Å²) in [4.78, 5) is 14.0. The molecule has 0 bridgehead atoms. The SMILES string of the molecule is O=C(OCc1ccccc1)N(CCCCO)Cc1ccccc1. The van der Waals surface area contributed by atoms with Gasteiger partial charge in [0.15, 0.2) is 0 Å². The van der Waals surface area contributed by atoms with Crippen LogP contribution in [0.25, 0.3) is 0 Å². The van der Waals surface area contributed by atoms with Crippen LogP contribution in [0.2, 0.25) is 0 Å². The summed E-state index contributed by atoms with van der Waals surface area (Å²) in [6.45, 7) is 1.49. The minimum Gasteiger partial charge on any atom is -0.445 e. The van der Waals surface area contributed by atoms with Crippen LogP contribution >= 0.6 is 0 Å². The van der Waals surface area contributed by atoms with Crippen LogP contribution in [0.1, 0.15) is 24.0 Å². The van der Waals surface area contributed by atoms with Crippen LogP contribution < -0.4 is 0 Å².